The minimum absolute atomic E-state index is 0.171. The molecule has 136 valence electrons. The number of urea groups is 1. The fraction of sp³-hybridized carbons (Fsp3) is 0.190. The molecule has 2 aromatic carbocycles. The van der Waals surface area contributed by atoms with Gasteiger partial charge in [0.2, 0.25) is 0 Å². The van der Waals surface area contributed by atoms with Crippen molar-refractivity contribution in [3.8, 4) is 5.75 Å². The van der Waals surface area contributed by atoms with Crippen LogP contribution in [0.25, 0.3) is 10.9 Å². The van der Waals surface area contributed by atoms with Gasteiger partial charge in [-0.1, -0.05) is 36.4 Å². The minimum Gasteiger partial charge on any atom is -0.497 e. The number of aromatic nitrogens is 1. The van der Waals surface area contributed by atoms with Crippen LogP contribution in [0.15, 0.2) is 60.8 Å². The smallest absolute Gasteiger partial charge is 0.325 e. The molecule has 0 spiro atoms. The highest BCUT2D eigenvalue weighted by molar-refractivity contribution is 6.07. The molecule has 1 aromatic heterocycles. The number of nitrogens with one attached hydrogen (secondary N) is 1. The van der Waals surface area contributed by atoms with Gasteiger partial charge in [-0.2, -0.15) is 0 Å². The number of hydrogen-bond acceptors (Lipinski definition) is 4. The molecule has 6 heteroatoms. The summed E-state index contributed by atoms with van der Waals surface area (Å²) in [5, 5.41) is 3.80. The van der Waals surface area contributed by atoms with E-state index in [2.05, 4.69) is 10.3 Å². The van der Waals surface area contributed by atoms with Gasteiger partial charge in [-0.25, -0.2) is 4.79 Å². The first-order valence-electron chi connectivity index (χ1n) is 8.64. The Hall–Kier alpha value is -3.41. The number of ether oxygens (including phenoxy) is 1. The van der Waals surface area contributed by atoms with Gasteiger partial charge < -0.3 is 10.1 Å². The number of pyridine rings is 1. The van der Waals surface area contributed by atoms with Gasteiger partial charge in [0.25, 0.3) is 5.91 Å². The summed E-state index contributed by atoms with van der Waals surface area (Å²) in [6.07, 6.45) is 1.71. The van der Waals surface area contributed by atoms with Gasteiger partial charge in [0.05, 0.1) is 19.2 Å². The van der Waals surface area contributed by atoms with Crippen LogP contribution in [-0.4, -0.2) is 28.9 Å². The second-order valence-corrected chi connectivity index (χ2v) is 6.67. The largest absolute Gasteiger partial charge is 0.497 e. The lowest BCUT2D eigenvalue weighted by molar-refractivity contribution is -0.131. The van der Waals surface area contributed by atoms with Crippen LogP contribution in [0, 0.1) is 0 Å². The lowest BCUT2D eigenvalue weighted by Crippen LogP contribution is -2.40. The minimum atomic E-state index is -1.11. The monoisotopic (exact) mass is 361 g/mol. The van der Waals surface area contributed by atoms with E-state index in [0.717, 1.165) is 16.5 Å². The maximum absolute atomic E-state index is 13.1. The van der Waals surface area contributed by atoms with E-state index in [4.69, 9.17) is 4.74 Å². The third-order valence-electron chi connectivity index (χ3n) is 4.99. The van der Waals surface area contributed by atoms with Crippen LogP contribution in [0.5, 0.6) is 5.75 Å². The molecule has 1 aliphatic rings. The van der Waals surface area contributed by atoms with Gasteiger partial charge in [-0.05, 0) is 36.2 Å². The van der Waals surface area contributed by atoms with Crippen LogP contribution in [0.3, 0.4) is 0 Å². The Morgan fingerprint density at radius 2 is 1.81 bits per heavy atom. The van der Waals surface area contributed by atoms with Crippen LogP contribution in [0.1, 0.15) is 18.1 Å². The predicted octanol–water partition coefficient (Wildman–Crippen LogP) is 3.21. The van der Waals surface area contributed by atoms with Gasteiger partial charge >= 0.3 is 6.03 Å². The molecule has 1 atom stereocenters. The van der Waals surface area contributed by atoms with E-state index in [1.165, 1.54) is 4.90 Å². The summed E-state index contributed by atoms with van der Waals surface area (Å²) < 4.78 is 5.16. The zero-order valence-corrected chi connectivity index (χ0v) is 15.1. The number of benzene rings is 2. The molecule has 6 nitrogen and oxygen atoms in total. The molecule has 4 rings (SSSR count). The molecule has 0 bridgehead atoms. The number of nitrogens with zero attached hydrogens (tertiary/aromatic N) is 2. The summed E-state index contributed by atoms with van der Waals surface area (Å²) in [5.41, 5.74) is 1.22. The quantitative estimate of drug-likeness (QED) is 0.725. The molecule has 1 N–H and O–H groups in total. The van der Waals surface area contributed by atoms with Crippen LogP contribution >= 0.6 is 0 Å². The lowest BCUT2D eigenvalue weighted by Gasteiger charge is -2.22. The van der Waals surface area contributed by atoms with Crippen molar-refractivity contribution in [1.29, 1.82) is 0 Å². The van der Waals surface area contributed by atoms with Gasteiger partial charge in [-0.15, -0.1) is 0 Å². The first-order chi connectivity index (χ1) is 13.0. The van der Waals surface area contributed by atoms with Crippen molar-refractivity contribution in [3.63, 3.8) is 0 Å². The molecule has 0 aliphatic carbocycles. The van der Waals surface area contributed by atoms with E-state index >= 15 is 0 Å². The Labute approximate surface area is 156 Å². The zero-order chi connectivity index (χ0) is 19.0. The number of carbonyl (C=O) groups excluding carboxylic acids is 2. The Kier molecular flexibility index (Phi) is 4.03. The Morgan fingerprint density at radius 1 is 1.07 bits per heavy atom. The van der Waals surface area contributed by atoms with Crippen LogP contribution in [0.2, 0.25) is 0 Å². The highest BCUT2D eigenvalue weighted by atomic mass is 16.5. The number of para-hydroxylation sites is 1. The summed E-state index contributed by atoms with van der Waals surface area (Å²) in [4.78, 5) is 31.4. The Balaban J connectivity index is 1.66. The second-order valence-electron chi connectivity index (χ2n) is 6.67. The summed E-state index contributed by atoms with van der Waals surface area (Å²) in [7, 11) is 1.58. The highest BCUT2D eigenvalue weighted by Crippen LogP contribution is 2.31. The fourth-order valence-corrected chi connectivity index (χ4v) is 3.43. The maximum Gasteiger partial charge on any atom is 0.325 e. The molecule has 1 unspecified atom stereocenters. The van der Waals surface area contributed by atoms with Crippen molar-refractivity contribution in [3.05, 3.63) is 71.9 Å². The molecule has 0 saturated carbocycles. The maximum atomic E-state index is 13.1. The van der Waals surface area contributed by atoms with Crippen LogP contribution in [0.4, 0.5) is 4.79 Å². The molecule has 1 saturated heterocycles. The van der Waals surface area contributed by atoms with E-state index in [0.29, 0.717) is 11.3 Å². The highest BCUT2D eigenvalue weighted by Gasteiger charge is 2.48. The van der Waals surface area contributed by atoms with Crippen molar-refractivity contribution in [2.75, 3.05) is 7.11 Å². The van der Waals surface area contributed by atoms with Crippen molar-refractivity contribution in [2.45, 2.75) is 19.0 Å². The van der Waals surface area contributed by atoms with Gasteiger partial charge in [-0.3, -0.25) is 14.7 Å². The van der Waals surface area contributed by atoms with E-state index in [-0.39, 0.29) is 12.5 Å². The Bertz CT molecular complexity index is 1030. The average Bonchev–Trinajstić information content (AvgIpc) is 2.92. The molecule has 2 heterocycles. The predicted molar refractivity (Wildman–Crippen MR) is 101 cm³/mol. The first kappa shape index (κ1) is 17.0. The van der Waals surface area contributed by atoms with E-state index in [1.807, 2.05) is 30.3 Å². The first-order valence-corrected chi connectivity index (χ1v) is 8.64. The fourth-order valence-electron chi connectivity index (χ4n) is 3.43. The molecule has 3 amide bonds. The number of methoxy groups -OCH3 is 1. The van der Waals surface area contributed by atoms with Crippen molar-refractivity contribution < 1.29 is 14.3 Å². The normalized spacial score (nSPS) is 19.4. The SMILES string of the molecule is COc1ccc(C2(C)NC(=O)N(Cc3cccc4cccnc34)C2=O)cc1. The number of amides is 3. The lowest BCUT2D eigenvalue weighted by atomic mass is 9.92. The summed E-state index contributed by atoms with van der Waals surface area (Å²) >= 11 is 0. The van der Waals surface area contributed by atoms with Crippen molar-refractivity contribution in [1.82, 2.24) is 15.2 Å². The zero-order valence-electron chi connectivity index (χ0n) is 15.1. The Morgan fingerprint density at radius 3 is 2.56 bits per heavy atom. The van der Waals surface area contributed by atoms with Crippen LogP contribution in [-0.2, 0) is 16.9 Å². The van der Waals surface area contributed by atoms with E-state index < -0.39 is 11.6 Å². The molecule has 3 aromatic rings. The third kappa shape index (κ3) is 2.79. The third-order valence-corrected chi connectivity index (χ3v) is 4.99. The standard InChI is InChI=1S/C21H19N3O3/c1-21(16-8-10-17(27-2)11-9-16)19(25)24(20(26)23-21)13-15-6-3-5-14-7-4-12-22-18(14)15/h3-12H,13H2,1-2H3,(H,23,26). The molecule has 1 fully saturated rings. The molecule has 1 aliphatic heterocycles. The van der Waals surface area contributed by atoms with Gasteiger partial charge in [0.1, 0.15) is 11.3 Å². The molecule has 0 radical (unpaired) electrons. The second kappa shape index (κ2) is 6.39. The number of fused-ring (bicyclic) bond motifs is 1. The molecule has 27 heavy (non-hydrogen) atoms. The number of imide groups is 1. The molecular formula is C21H19N3O3. The number of carbonyl (C=O) groups is 2. The van der Waals surface area contributed by atoms with Gasteiger partial charge in [0, 0.05) is 11.6 Å². The van der Waals surface area contributed by atoms with Crippen LogP contribution < -0.4 is 10.1 Å². The topological polar surface area (TPSA) is 71.5 Å². The van der Waals surface area contributed by atoms with Crippen molar-refractivity contribution in [2.24, 2.45) is 0 Å². The van der Waals surface area contributed by atoms with Crippen molar-refractivity contribution >= 4 is 22.8 Å². The average molecular weight is 361 g/mol. The van der Waals surface area contributed by atoms with E-state index in [1.54, 1.807) is 44.5 Å². The van der Waals surface area contributed by atoms with E-state index in [9.17, 15) is 9.59 Å². The van der Waals surface area contributed by atoms with Gasteiger partial charge in [0.15, 0.2) is 0 Å². The number of rotatable bonds is 4. The summed E-state index contributed by atoms with van der Waals surface area (Å²) in [6.45, 7) is 1.89. The summed E-state index contributed by atoms with van der Waals surface area (Å²) in [5.74, 6) is 0.406. The molecular weight excluding hydrogens is 342 g/mol. The summed E-state index contributed by atoms with van der Waals surface area (Å²) in [6, 6.07) is 16.3. The number of hydrogen-bond donors (Lipinski definition) is 1.